The van der Waals surface area contributed by atoms with Gasteiger partial charge >= 0.3 is 0 Å². The third kappa shape index (κ3) is 4.38. The van der Waals surface area contributed by atoms with E-state index in [1.807, 2.05) is 0 Å². The zero-order valence-electron chi connectivity index (χ0n) is 17.0. The molecule has 8 nitrogen and oxygen atoms in total. The van der Waals surface area contributed by atoms with Gasteiger partial charge in [0.2, 0.25) is 15.9 Å². The van der Waals surface area contributed by atoms with Crippen LogP contribution in [0.3, 0.4) is 0 Å². The van der Waals surface area contributed by atoms with Gasteiger partial charge < -0.3 is 14.4 Å². The highest BCUT2D eigenvalue weighted by molar-refractivity contribution is 7.89. The van der Waals surface area contributed by atoms with Gasteiger partial charge in [-0.3, -0.25) is 4.79 Å². The van der Waals surface area contributed by atoms with Crippen molar-refractivity contribution in [1.82, 2.24) is 9.29 Å². The fourth-order valence-electron chi connectivity index (χ4n) is 3.48. The molecule has 0 spiro atoms. The molecule has 0 aliphatic carbocycles. The average Bonchev–Trinajstić information content (AvgIpc) is 2.77. The van der Waals surface area contributed by atoms with Crippen LogP contribution in [0.15, 0.2) is 41.4 Å². The van der Waals surface area contributed by atoms with Crippen LogP contribution in [0.25, 0.3) is 0 Å². The Bertz CT molecular complexity index is 1020. The average molecular weight is 454 g/mol. The highest BCUT2D eigenvalue weighted by Crippen LogP contribution is 2.33. The highest BCUT2D eigenvalue weighted by atomic mass is 35.5. The summed E-state index contributed by atoms with van der Waals surface area (Å²) in [4.78, 5) is 18.4. The lowest BCUT2D eigenvalue weighted by Crippen LogP contribution is -2.43. The van der Waals surface area contributed by atoms with Crippen molar-refractivity contribution in [2.24, 2.45) is 5.92 Å². The molecular formula is C20H24ClN3O5S. The second-order valence-electron chi connectivity index (χ2n) is 6.91. The summed E-state index contributed by atoms with van der Waals surface area (Å²) in [5, 5.41) is -0.0520. The number of hydrogen-bond acceptors (Lipinski definition) is 6. The number of anilines is 1. The molecule has 0 atom stereocenters. The van der Waals surface area contributed by atoms with E-state index >= 15 is 0 Å². The van der Waals surface area contributed by atoms with Gasteiger partial charge in [-0.2, -0.15) is 4.31 Å². The molecule has 1 saturated heterocycles. The van der Waals surface area contributed by atoms with Crippen LogP contribution in [-0.2, 0) is 14.8 Å². The van der Waals surface area contributed by atoms with Crippen molar-refractivity contribution in [2.45, 2.75) is 17.7 Å². The van der Waals surface area contributed by atoms with E-state index in [4.69, 9.17) is 21.1 Å². The zero-order valence-corrected chi connectivity index (χ0v) is 18.6. The lowest BCUT2D eigenvalue weighted by Gasteiger charge is -2.32. The summed E-state index contributed by atoms with van der Waals surface area (Å²) in [5.74, 6) is 0.760. The molecule has 10 heteroatoms. The number of amides is 1. The summed E-state index contributed by atoms with van der Waals surface area (Å²) in [6.45, 7) is 0.480. The SMILES string of the molecule is COc1ccc(N(C)C(=O)C2CCN(S(=O)(=O)c3cccnc3Cl)CC2)cc1OC. The van der Waals surface area contributed by atoms with Crippen molar-refractivity contribution in [3.63, 3.8) is 0 Å². The molecule has 162 valence electrons. The lowest BCUT2D eigenvalue weighted by molar-refractivity contribution is -0.123. The molecule has 1 fully saturated rings. The summed E-state index contributed by atoms with van der Waals surface area (Å²) < 4.78 is 37.6. The van der Waals surface area contributed by atoms with Gasteiger partial charge in [0.15, 0.2) is 11.5 Å². The van der Waals surface area contributed by atoms with Gasteiger partial charge in [0.25, 0.3) is 0 Å². The molecule has 2 aromatic rings. The van der Waals surface area contributed by atoms with E-state index in [0.717, 1.165) is 0 Å². The first kappa shape index (κ1) is 22.3. The molecule has 0 bridgehead atoms. The third-order valence-electron chi connectivity index (χ3n) is 5.23. The number of nitrogens with zero attached hydrogens (tertiary/aromatic N) is 3. The van der Waals surface area contributed by atoms with E-state index < -0.39 is 10.0 Å². The third-order valence-corrected chi connectivity index (χ3v) is 7.57. The molecule has 0 unspecified atom stereocenters. The monoisotopic (exact) mass is 453 g/mol. The summed E-state index contributed by atoms with van der Waals surface area (Å²) in [6, 6.07) is 8.23. The van der Waals surface area contributed by atoms with Crippen LogP contribution in [0.1, 0.15) is 12.8 Å². The number of aromatic nitrogens is 1. The minimum Gasteiger partial charge on any atom is -0.493 e. The van der Waals surface area contributed by atoms with E-state index in [-0.39, 0.29) is 35.0 Å². The summed E-state index contributed by atoms with van der Waals surface area (Å²) >= 11 is 5.97. The Morgan fingerprint density at radius 2 is 1.83 bits per heavy atom. The fourth-order valence-corrected chi connectivity index (χ4v) is 5.38. The fraction of sp³-hybridized carbons (Fsp3) is 0.400. The molecule has 1 amide bonds. The molecule has 1 aliphatic heterocycles. The predicted molar refractivity (Wildman–Crippen MR) is 114 cm³/mol. The zero-order chi connectivity index (χ0) is 21.9. The first-order chi connectivity index (χ1) is 14.3. The quantitative estimate of drug-likeness (QED) is 0.625. The Morgan fingerprint density at radius 3 is 2.43 bits per heavy atom. The number of benzene rings is 1. The summed E-state index contributed by atoms with van der Waals surface area (Å²) in [5.41, 5.74) is 0.676. The molecule has 1 aromatic heterocycles. The van der Waals surface area contributed by atoms with Gasteiger partial charge in [0.1, 0.15) is 10.0 Å². The normalized spacial score (nSPS) is 15.6. The maximum Gasteiger partial charge on any atom is 0.246 e. The predicted octanol–water partition coefficient (Wildman–Crippen LogP) is 2.82. The number of carbonyl (C=O) groups excluding carboxylic acids is 1. The lowest BCUT2D eigenvalue weighted by atomic mass is 9.96. The van der Waals surface area contributed by atoms with Gasteiger partial charge in [-0.05, 0) is 37.1 Å². The molecule has 1 aromatic carbocycles. The number of methoxy groups -OCH3 is 2. The number of hydrogen-bond donors (Lipinski definition) is 0. The van der Waals surface area contributed by atoms with Crippen molar-refractivity contribution in [2.75, 3.05) is 39.3 Å². The Morgan fingerprint density at radius 1 is 1.17 bits per heavy atom. The van der Waals surface area contributed by atoms with Crippen LogP contribution in [0.5, 0.6) is 11.5 Å². The van der Waals surface area contributed by atoms with Gasteiger partial charge in [0, 0.05) is 44.0 Å². The van der Waals surface area contributed by atoms with Crippen molar-refractivity contribution in [3.05, 3.63) is 41.7 Å². The first-order valence-corrected chi connectivity index (χ1v) is 11.2. The van der Waals surface area contributed by atoms with Crippen molar-refractivity contribution in [3.8, 4) is 11.5 Å². The number of halogens is 1. The minimum atomic E-state index is -3.75. The first-order valence-electron chi connectivity index (χ1n) is 9.40. The summed E-state index contributed by atoms with van der Waals surface area (Å²) in [7, 11) is 1.03. The Balaban J connectivity index is 1.69. The maximum atomic E-state index is 13.0. The Labute approximate surface area is 181 Å². The molecule has 2 heterocycles. The van der Waals surface area contributed by atoms with Crippen LogP contribution in [0.2, 0.25) is 5.15 Å². The number of rotatable bonds is 6. The van der Waals surface area contributed by atoms with Gasteiger partial charge in [-0.25, -0.2) is 13.4 Å². The van der Waals surface area contributed by atoms with Crippen LogP contribution in [-0.4, -0.2) is 58.0 Å². The van der Waals surface area contributed by atoms with Crippen molar-refractivity contribution < 1.29 is 22.7 Å². The molecule has 0 N–H and O–H groups in total. The van der Waals surface area contributed by atoms with Crippen LogP contribution in [0.4, 0.5) is 5.69 Å². The largest absolute Gasteiger partial charge is 0.493 e. The van der Waals surface area contributed by atoms with Gasteiger partial charge in [0.05, 0.1) is 14.2 Å². The summed E-state index contributed by atoms with van der Waals surface area (Å²) in [6.07, 6.45) is 2.29. The molecule has 3 rings (SSSR count). The second kappa shape index (κ2) is 9.20. The number of sulfonamides is 1. The van der Waals surface area contributed by atoms with Crippen LogP contribution in [0, 0.1) is 5.92 Å². The molecule has 0 saturated carbocycles. The van der Waals surface area contributed by atoms with Crippen molar-refractivity contribution in [1.29, 1.82) is 0 Å². The molecule has 0 radical (unpaired) electrons. The van der Waals surface area contributed by atoms with E-state index in [0.29, 0.717) is 30.0 Å². The Kier molecular flexibility index (Phi) is 6.84. The maximum absolute atomic E-state index is 13.0. The number of piperidine rings is 1. The minimum absolute atomic E-state index is 0.0149. The molecular weight excluding hydrogens is 430 g/mol. The smallest absolute Gasteiger partial charge is 0.246 e. The molecule has 30 heavy (non-hydrogen) atoms. The van der Waals surface area contributed by atoms with Gasteiger partial charge in [-0.15, -0.1) is 0 Å². The van der Waals surface area contributed by atoms with Gasteiger partial charge in [-0.1, -0.05) is 11.6 Å². The second-order valence-corrected chi connectivity index (χ2v) is 9.17. The van der Waals surface area contributed by atoms with Crippen LogP contribution >= 0.6 is 11.6 Å². The van der Waals surface area contributed by atoms with E-state index in [9.17, 15) is 13.2 Å². The van der Waals surface area contributed by atoms with E-state index in [2.05, 4.69) is 4.98 Å². The number of ether oxygens (including phenoxy) is 2. The molecule has 1 aliphatic rings. The van der Waals surface area contributed by atoms with E-state index in [1.165, 1.54) is 29.7 Å². The number of pyridine rings is 1. The standard InChI is InChI=1S/C20H24ClN3O5S/c1-23(15-6-7-16(28-2)17(13-15)29-3)20(25)14-8-11-24(12-9-14)30(26,27)18-5-4-10-22-19(18)21/h4-7,10,13-14H,8-9,11-12H2,1-3H3. The van der Waals surface area contributed by atoms with E-state index in [1.54, 1.807) is 37.3 Å². The van der Waals surface area contributed by atoms with Crippen molar-refractivity contribution >= 4 is 33.2 Å². The number of carbonyl (C=O) groups is 1. The topological polar surface area (TPSA) is 89.0 Å². The van der Waals surface area contributed by atoms with Crippen LogP contribution < -0.4 is 14.4 Å². The Hall–Kier alpha value is -2.36. The highest BCUT2D eigenvalue weighted by Gasteiger charge is 2.34.